The molecule has 6 heteroatoms. The minimum absolute atomic E-state index is 0.0717. The van der Waals surface area contributed by atoms with Crippen molar-refractivity contribution in [3.8, 4) is 6.07 Å². The van der Waals surface area contributed by atoms with Crippen molar-refractivity contribution < 1.29 is 13.6 Å². The summed E-state index contributed by atoms with van der Waals surface area (Å²) in [5.74, 6) is 0.120. The van der Waals surface area contributed by atoms with Crippen LogP contribution in [0.3, 0.4) is 0 Å². The molecular formula is C15H14FN3O2. The molecule has 1 heterocycles. The van der Waals surface area contributed by atoms with E-state index < -0.39 is 11.8 Å². The minimum atomic E-state index is -0.526. The van der Waals surface area contributed by atoms with Gasteiger partial charge in [-0.15, -0.1) is 0 Å². The highest BCUT2D eigenvalue weighted by Gasteiger charge is 2.20. The molecule has 1 atom stereocenters. The van der Waals surface area contributed by atoms with Crippen LogP contribution in [0, 0.1) is 17.1 Å². The molecule has 0 aliphatic heterocycles. The normalized spacial score (nSPS) is 11.5. The molecule has 2 aromatic rings. The molecule has 1 N–H and O–H groups in total. The quantitative estimate of drug-likeness (QED) is 0.939. The Balaban J connectivity index is 2.13. The van der Waals surface area contributed by atoms with E-state index in [-0.39, 0.29) is 17.3 Å². The molecule has 0 radical (unpaired) electrons. The summed E-state index contributed by atoms with van der Waals surface area (Å²) in [7, 11) is 1.61. The molecular weight excluding hydrogens is 273 g/mol. The van der Waals surface area contributed by atoms with Gasteiger partial charge in [-0.2, -0.15) is 5.26 Å². The number of carbonyl (C=O) groups excluding carboxylic acids is 1. The number of hydrogen-bond donors (Lipinski definition) is 1. The molecule has 0 aliphatic rings. The lowest BCUT2D eigenvalue weighted by atomic mass is 10.2. The summed E-state index contributed by atoms with van der Waals surface area (Å²) < 4.78 is 18.3. The van der Waals surface area contributed by atoms with Crippen LogP contribution in [0.15, 0.2) is 41.0 Å². The predicted octanol–water partition coefficient (Wildman–Crippen LogP) is 3.52. The Kier molecular flexibility index (Phi) is 4.24. The third kappa shape index (κ3) is 3.20. The number of urea groups is 1. The second-order valence-electron chi connectivity index (χ2n) is 4.53. The topological polar surface area (TPSA) is 69.3 Å². The Morgan fingerprint density at radius 3 is 2.86 bits per heavy atom. The second-order valence-corrected chi connectivity index (χ2v) is 4.53. The van der Waals surface area contributed by atoms with E-state index in [1.807, 2.05) is 13.0 Å². The first-order valence-corrected chi connectivity index (χ1v) is 6.29. The SMILES string of the molecule is CC(c1ccco1)N(C)C(=O)Nc1ccc(F)cc1C#N. The summed E-state index contributed by atoms with van der Waals surface area (Å²) in [6.45, 7) is 1.81. The molecule has 1 aromatic carbocycles. The average Bonchev–Trinajstić information content (AvgIpc) is 3.01. The molecule has 0 aliphatic carbocycles. The maximum atomic E-state index is 13.1. The van der Waals surface area contributed by atoms with Crippen LogP contribution in [0.4, 0.5) is 14.9 Å². The van der Waals surface area contributed by atoms with Crippen LogP contribution < -0.4 is 5.32 Å². The predicted molar refractivity (Wildman–Crippen MR) is 75.0 cm³/mol. The molecule has 108 valence electrons. The van der Waals surface area contributed by atoms with E-state index in [4.69, 9.17) is 9.68 Å². The first-order chi connectivity index (χ1) is 10.0. The molecule has 0 saturated carbocycles. The molecule has 0 bridgehead atoms. The summed E-state index contributed by atoms with van der Waals surface area (Å²) in [4.78, 5) is 13.6. The van der Waals surface area contributed by atoms with E-state index in [9.17, 15) is 9.18 Å². The summed E-state index contributed by atoms with van der Waals surface area (Å²) in [6, 6.07) is 8.29. The Labute approximate surface area is 121 Å². The van der Waals surface area contributed by atoms with Crippen LogP contribution in [-0.4, -0.2) is 18.0 Å². The standard InChI is InChI=1S/C15H14FN3O2/c1-10(14-4-3-7-21-14)19(2)15(20)18-13-6-5-12(16)8-11(13)9-17/h3-8,10H,1-2H3,(H,18,20). The average molecular weight is 287 g/mol. The monoisotopic (exact) mass is 287 g/mol. The molecule has 5 nitrogen and oxygen atoms in total. The van der Waals surface area contributed by atoms with Gasteiger partial charge in [0.25, 0.3) is 0 Å². The van der Waals surface area contributed by atoms with E-state index in [0.717, 1.165) is 6.07 Å². The maximum Gasteiger partial charge on any atom is 0.322 e. The highest BCUT2D eigenvalue weighted by molar-refractivity contribution is 5.90. The Morgan fingerprint density at radius 2 is 2.24 bits per heavy atom. The molecule has 2 rings (SSSR count). The van der Waals surface area contributed by atoms with Crippen LogP contribution in [-0.2, 0) is 0 Å². The molecule has 0 spiro atoms. The van der Waals surface area contributed by atoms with Crippen LogP contribution in [0.1, 0.15) is 24.3 Å². The molecule has 21 heavy (non-hydrogen) atoms. The maximum absolute atomic E-state index is 13.1. The molecule has 1 aromatic heterocycles. The highest BCUT2D eigenvalue weighted by Crippen LogP contribution is 2.21. The number of nitrogens with zero attached hydrogens (tertiary/aromatic N) is 2. The van der Waals surface area contributed by atoms with Crippen molar-refractivity contribution in [2.75, 3.05) is 12.4 Å². The molecule has 2 amide bonds. The van der Waals surface area contributed by atoms with Crippen molar-refractivity contribution in [2.45, 2.75) is 13.0 Å². The summed E-state index contributed by atoms with van der Waals surface area (Å²) in [5, 5.41) is 11.5. The van der Waals surface area contributed by atoms with Crippen molar-refractivity contribution in [3.63, 3.8) is 0 Å². The fourth-order valence-corrected chi connectivity index (χ4v) is 1.82. The van der Waals surface area contributed by atoms with Crippen molar-refractivity contribution in [2.24, 2.45) is 0 Å². The van der Waals surface area contributed by atoms with Crippen molar-refractivity contribution in [1.29, 1.82) is 5.26 Å². The zero-order chi connectivity index (χ0) is 15.4. The van der Waals surface area contributed by atoms with Gasteiger partial charge in [0, 0.05) is 7.05 Å². The number of hydrogen-bond acceptors (Lipinski definition) is 3. The van der Waals surface area contributed by atoms with E-state index in [0.29, 0.717) is 5.76 Å². The van der Waals surface area contributed by atoms with Gasteiger partial charge in [-0.25, -0.2) is 9.18 Å². The van der Waals surface area contributed by atoms with Gasteiger partial charge in [-0.1, -0.05) is 0 Å². The number of furan rings is 1. The van der Waals surface area contributed by atoms with Gasteiger partial charge >= 0.3 is 6.03 Å². The summed E-state index contributed by atoms with van der Waals surface area (Å²) in [6.07, 6.45) is 1.53. The minimum Gasteiger partial charge on any atom is -0.467 e. The van der Waals surface area contributed by atoms with Gasteiger partial charge in [0.05, 0.1) is 23.6 Å². The number of rotatable bonds is 3. The molecule has 0 fully saturated rings. The second kappa shape index (κ2) is 6.09. The fraction of sp³-hybridized carbons (Fsp3) is 0.200. The zero-order valence-corrected chi connectivity index (χ0v) is 11.6. The number of halogens is 1. The fourth-order valence-electron chi connectivity index (χ4n) is 1.82. The van der Waals surface area contributed by atoms with E-state index >= 15 is 0 Å². The van der Waals surface area contributed by atoms with E-state index in [1.54, 1.807) is 19.2 Å². The lowest BCUT2D eigenvalue weighted by molar-refractivity contribution is 0.201. The van der Waals surface area contributed by atoms with Crippen molar-refractivity contribution >= 4 is 11.7 Å². The van der Waals surface area contributed by atoms with Crippen LogP contribution >= 0.6 is 0 Å². The van der Waals surface area contributed by atoms with Gasteiger partial charge < -0.3 is 14.6 Å². The van der Waals surface area contributed by atoms with Crippen molar-refractivity contribution in [1.82, 2.24) is 4.90 Å². The number of amides is 2. The Bertz CT molecular complexity index is 677. The first-order valence-electron chi connectivity index (χ1n) is 6.29. The third-order valence-electron chi connectivity index (χ3n) is 3.20. The Hall–Kier alpha value is -2.81. The lowest BCUT2D eigenvalue weighted by Crippen LogP contribution is -2.33. The van der Waals surface area contributed by atoms with Gasteiger partial charge in [0.1, 0.15) is 17.6 Å². The summed E-state index contributed by atoms with van der Waals surface area (Å²) in [5.41, 5.74) is 0.338. The zero-order valence-electron chi connectivity index (χ0n) is 11.6. The number of nitrogens with one attached hydrogen (secondary N) is 1. The molecule has 1 unspecified atom stereocenters. The first kappa shape index (κ1) is 14.6. The van der Waals surface area contributed by atoms with Crippen LogP contribution in [0.25, 0.3) is 0 Å². The Morgan fingerprint density at radius 1 is 1.48 bits per heavy atom. The highest BCUT2D eigenvalue weighted by atomic mass is 19.1. The van der Waals surface area contributed by atoms with E-state index in [1.165, 1.54) is 23.3 Å². The largest absolute Gasteiger partial charge is 0.467 e. The van der Waals surface area contributed by atoms with Crippen LogP contribution in [0.2, 0.25) is 0 Å². The van der Waals surface area contributed by atoms with Crippen LogP contribution in [0.5, 0.6) is 0 Å². The number of nitriles is 1. The third-order valence-corrected chi connectivity index (χ3v) is 3.20. The lowest BCUT2D eigenvalue weighted by Gasteiger charge is -2.23. The smallest absolute Gasteiger partial charge is 0.322 e. The number of benzene rings is 1. The van der Waals surface area contributed by atoms with Gasteiger partial charge in [-0.05, 0) is 37.3 Å². The van der Waals surface area contributed by atoms with Gasteiger partial charge in [0.2, 0.25) is 0 Å². The molecule has 0 saturated heterocycles. The number of anilines is 1. The van der Waals surface area contributed by atoms with E-state index in [2.05, 4.69) is 5.32 Å². The summed E-state index contributed by atoms with van der Waals surface area (Å²) >= 11 is 0. The van der Waals surface area contributed by atoms with Gasteiger partial charge in [0.15, 0.2) is 0 Å². The number of carbonyl (C=O) groups is 1. The van der Waals surface area contributed by atoms with Gasteiger partial charge in [-0.3, -0.25) is 0 Å². The van der Waals surface area contributed by atoms with Crippen molar-refractivity contribution in [3.05, 3.63) is 53.7 Å².